The largest absolute Gasteiger partial charge is 0.508 e. The summed E-state index contributed by atoms with van der Waals surface area (Å²) in [5.41, 5.74) is 3.49. The number of aliphatic hydroxyl groups excluding tert-OH is 1. The zero-order valence-electron chi connectivity index (χ0n) is 12.0. The Hall–Kier alpha value is -1.84. The number of phenols is 1. The van der Waals surface area contributed by atoms with Crippen LogP contribution in [0.1, 0.15) is 29.2 Å². The van der Waals surface area contributed by atoms with Crippen molar-refractivity contribution in [3.05, 3.63) is 65.2 Å². The summed E-state index contributed by atoms with van der Waals surface area (Å²) in [7, 11) is 0. The Labute approximate surface area is 125 Å². The smallest absolute Gasteiger partial charge is 0.115 e. The molecule has 2 aromatic carbocycles. The number of aromatic hydroxyl groups is 1. The van der Waals surface area contributed by atoms with Crippen LogP contribution in [-0.2, 0) is 12.8 Å². The molecule has 3 rings (SSSR count). The Morgan fingerprint density at radius 2 is 1.90 bits per heavy atom. The molecule has 0 bridgehead atoms. The number of benzene rings is 2. The van der Waals surface area contributed by atoms with Gasteiger partial charge in [-0.05, 0) is 48.1 Å². The van der Waals surface area contributed by atoms with Gasteiger partial charge in [-0.15, -0.1) is 0 Å². The zero-order valence-corrected chi connectivity index (χ0v) is 12.0. The van der Waals surface area contributed by atoms with Crippen molar-refractivity contribution in [2.24, 2.45) is 0 Å². The molecular formula is C18H21NO2. The SMILES string of the molecule is Oc1ccc2c(c1)C[C@@H](NC[C@@H](O)c1ccccc1)CC2. The fourth-order valence-electron chi connectivity index (χ4n) is 2.99. The zero-order chi connectivity index (χ0) is 14.7. The predicted octanol–water partition coefficient (Wildman–Crippen LogP) is 2.57. The van der Waals surface area contributed by atoms with Gasteiger partial charge < -0.3 is 15.5 Å². The van der Waals surface area contributed by atoms with Crippen LogP contribution < -0.4 is 5.32 Å². The summed E-state index contributed by atoms with van der Waals surface area (Å²) in [6, 6.07) is 15.7. The van der Waals surface area contributed by atoms with Gasteiger partial charge in [0.15, 0.2) is 0 Å². The molecule has 0 aromatic heterocycles. The van der Waals surface area contributed by atoms with Crippen molar-refractivity contribution in [1.82, 2.24) is 5.32 Å². The highest BCUT2D eigenvalue weighted by Gasteiger charge is 2.19. The van der Waals surface area contributed by atoms with Crippen molar-refractivity contribution in [3.63, 3.8) is 0 Å². The molecule has 0 saturated carbocycles. The monoisotopic (exact) mass is 283 g/mol. The summed E-state index contributed by atoms with van der Waals surface area (Å²) < 4.78 is 0. The molecular weight excluding hydrogens is 262 g/mol. The first-order chi connectivity index (χ1) is 10.2. The van der Waals surface area contributed by atoms with Crippen LogP contribution in [0.2, 0.25) is 0 Å². The van der Waals surface area contributed by atoms with Crippen molar-refractivity contribution < 1.29 is 10.2 Å². The molecule has 1 aliphatic carbocycles. The first-order valence-corrected chi connectivity index (χ1v) is 7.49. The second-order valence-corrected chi connectivity index (χ2v) is 5.73. The molecule has 0 saturated heterocycles. The van der Waals surface area contributed by atoms with Crippen LogP contribution in [0, 0.1) is 0 Å². The number of phenolic OH excluding ortho intramolecular Hbond substituents is 1. The Morgan fingerprint density at radius 1 is 1.10 bits per heavy atom. The van der Waals surface area contributed by atoms with Crippen molar-refractivity contribution in [1.29, 1.82) is 0 Å². The summed E-state index contributed by atoms with van der Waals surface area (Å²) in [6.07, 6.45) is 2.52. The number of nitrogens with one attached hydrogen (secondary N) is 1. The van der Waals surface area contributed by atoms with Gasteiger partial charge in [-0.1, -0.05) is 36.4 Å². The van der Waals surface area contributed by atoms with Gasteiger partial charge >= 0.3 is 0 Å². The molecule has 3 N–H and O–H groups in total. The fourth-order valence-corrected chi connectivity index (χ4v) is 2.99. The van der Waals surface area contributed by atoms with E-state index in [9.17, 15) is 10.2 Å². The highest BCUT2D eigenvalue weighted by Crippen LogP contribution is 2.25. The van der Waals surface area contributed by atoms with E-state index in [1.807, 2.05) is 42.5 Å². The highest BCUT2D eigenvalue weighted by molar-refractivity contribution is 5.37. The van der Waals surface area contributed by atoms with Crippen molar-refractivity contribution in [2.75, 3.05) is 6.54 Å². The molecule has 0 radical (unpaired) electrons. The summed E-state index contributed by atoms with van der Waals surface area (Å²) in [6.45, 7) is 0.558. The van der Waals surface area contributed by atoms with Crippen LogP contribution >= 0.6 is 0 Å². The van der Waals surface area contributed by atoms with Gasteiger partial charge in [-0.25, -0.2) is 0 Å². The van der Waals surface area contributed by atoms with E-state index in [-0.39, 0.29) is 0 Å². The predicted molar refractivity (Wildman–Crippen MR) is 83.3 cm³/mol. The third kappa shape index (κ3) is 3.43. The summed E-state index contributed by atoms with van der Waals surface area (Å²) in [4.78, 5) is 0. The maximum absolute atomic E-state index is 10.2. The van der Waals surface area contributed by atoms with E-state index in [1.54, 1.807) is 6.07 Å². The lowest BCUT2D eigenvalue weighted by atomic mass is 9.88. The number of fused-ring (bicyclic) bond motifs is 1. The Balaban J connectivity index is 1.58. The van der Waals surface area contributed by atoms with Gasteiger partial charge in [0, 0.05) is 12.6 Å². The normalized spacial score (nSPS) is 19.0. The number of aliphatic hydroxyl groups is 1. The second-order valence-electron chi connectivity index (χ2n) is 5.73. The average molecular weight is 283 g/mol. The minimum Gasteiger partial charge on any atom is -0.508 e. The molecule has 0 aliphatic heterocycles. The molecule has 110 valence electrons. The molecule has 3 nitrogen and oxygen atoms in total. The van der Waals surface area contributed by atoms with E-state index in [0.717, 1.165) is 24.8 Å². The number of hydrogen-bond acceptors (Lipinski definition) is 3. The summed E-state index contributed by atoms with van der Waals surface area (Å²) >= 11 is 0. The van der Waals surface area contributed by atoms with Crippen LogP contribution in [0.5, 0.6) is 5.75 Å². The molecule has 0 fully saturated rings. The highest BCUT2D eigenvalue weighted by atomic mass is 16.3. The van der Waals surface area contributed by atoms with Gasteiger partial charge in [-0.2, -0.15) is 0 Å². The Kier molecular flexibility index (Phi) is 4.23. The van der Waals surface area contributed by atoms with Crippen molar-refractivity contribution in [3.8, 4) is 5.75 Å². The van der Waals surface area contributed by atoms with Gasteiger partial charge in [-0.3, -0.25) is 0 Å². The van der Waals surface area contributed by atoms with Crippen LogP contribution in [0.25, 0.3) is 0 Å². The van der Waals surface area contributed by atoms with E-state index in [4.69, 9.17) is 0 Å². The molecule has 3 heteroatoms. The first-order valence-electron chi connectivity index (χ1n) is 7.49. The standard InChI is InChI=1S/C18H21NO2/c20-17-9-7-13-6-8-16(10-15(13)11-17)19-12-18(21)14-4-2-1-3-5-14/h1-5,7,9,11,16,18-21H,6,8,10,12H2/t16-,18+/m0/s1. The second kappa shape index (κ2) is 6.29. The lowest BCUT2D eigenvalue weighted by Gasteiger charge is -2.26. The number of hydrogen-bond donors (Lipinski definition) is 3. The van der Waals surface area contributed by atoms with Gasteiger partial charge in [0.2, 0.25) is 0 Å². The number of rotatable bonds is 4. The van der Waals surface area contributed by atoms with E-state index in [2.05, 4.69) is 5.32 Å². The Morgan fingerprint density at radius 3 is 2.71 bits per heavy atom. The first kappa shape index (κ1) is 14.1. The molecule has 0 heterocycles. The molecule has 0 spiro atoms. The fraction of sp³-hybridized carbons (Fsp3) is 0.333. The lowest BCUT2D eigenvalue weighted by Crippen LogP contribution is -2.37. The maximum atomic E-state index is 10.2. The van der Waals surface area contributed by atoms with E-state index < -0.39 is 6.10 Å². The van der Waals surface area contributed by atoms with Crippen LogP contribution in [-0.4, -0.2) is 22.8 Å². The van der Waals surface area contributed by atoms with Gasteiger partial charge in [0.25, 0.3) is 0 Å². The molecule has 0 unspecified atom stereocenters. The molecule has 2 aromatic rings. The number of aryl methyl sites for hydroxylation is 1. The average Bonchev–Trinajstić information content (AvgIpc) is 2.53. The molecule has 0 amide bonds. The van der Waals surface area contributed by atoms with Crippen molar-refractivity contribution >= 4 is 0 Å². The maximum Gasteiger partial charge on any atom is 0.115 e. The third-order valence-corrected chi connectivity index (χ3v) is 4.20. The van der Waals surface area contributed by atoms with Crippen LogP contribution in [0.4, 0.5) is 0 Å². The third-order valence-electron chi connectivity index (χ3n) is 4.20. The molecule has 1 aliphatic rings. The van der Waals surface area contributed by atoms with Crippen molar-refractivity contribution in [2.45, 2.75) is 31.4 Å². The van der Waals surface area contributed by atoms with Gasteiger partial charge in [0.05, 0.1) is 6.10 Å². The lowest BCUT2D eigenvalue weighted by molar-refractivity contribution is 0.168. The van der Waals surface area contributed by atoms with Crippen LogP contribution in [0.15, 0.2) is 48.5 Å². The molecule has 2 atom stereocenters. The van der Waals surface area contributed by atoms with Crippen LogP contribution in [0.3, 0.4) is 0 Å². The molecule has 21 heavy (non-hydrogen) atoms. The minimum absolute atomic E-state index is 0.332. The van der Waals surface area contributed by atoms with Gasteiger partial charge in [0.1, 0.15) is 5.75 Å². The minimum atomic E-state index is -0.475. The van der Waals surface area contributed by atoms with E-state index in [0.29, 0.717) is 18.3 Å². The summed E-state index contributed by atoms with van der Waals surface area (Å²) in [5, 5.41) is 23.2. The quantitative estimate of drug-likeness (QED) is 0.808. The van der Waals surface area contributed by atoms with E-state index in [1.165, 1.54) is 11.1 Å². The Bertz CT molecular complexity index is 597. The topological polar surface area (TPSA) is 52.5 Å². The summed E-state index contributed by atoms with van der Waals surface area (Å²) in [5.74, 6) is 0.332. The van der Waals surface area contributed by atoms with E-state index >= 15 is 0 Å².